The maximum Gasteiger partial charge on any atom is 0.165 e. The summed E-state index contributed by atoms with van der Waals surface area (Å²) in [4.78, 5) is 6.48. The third-order valence-corrected chi connectivity index (χ3v) is 3.48. The first-order chi connectivity index (χ1) is 7.79. The predicted octanol–water partition coefficient (Wildman–Crippen LogP) is 3.46. The molecule has 84 valence electrons. The van der Waals surface area contributed by atoms with Crippen LogP contribution in [0.1, 0.15) is 16.7 Å². The van der Waals surface area contributed by atoms with Gasteiger partial charge in [-0.05, 0) is 30.7 Å². The van der Waals surface area contributed by atoms with Crippen molar-refractivity contribution in [3.8, 4) is 0 Å². The van der Waals surface area contributed by atoms with Crippen LogP contribution < -0.4 is 5.32 Å². The molecule has 2 heterocycles. The maximum atomic E-state index is 13.2. The second-order valence-electron chi connectivity index (χ2n) is 3.41. The second-order valence-corrected chi connectivity index (χ2v) is 4.66. The van der Waals surface area contributed by atoms with Crippen molar-refractivity contribution in [3.63, 3.8) is 0 Å². The van der Waals surface area contributed by atoms with Crippen molar-refractivity contribution < 1.29 is 4.39 Å². The van der Waals surface area contributed by atoms with Crippen LogP contribution in [0.15, 0.2) is 30.5 Å². The van der Waals surface area contributed by atoms with E-state index in [4.69, 9.17) is 0 Å². The van der Waals surface area contributed by atoms with Gasteiger partial charge in [0.1, 0.15) is 0 Å². The zero-order chi connectivity index (χ0) is 11.4. The van der Waals surface area contributed by atoms with Crippen molar-refractivity contribution in [3.05, 3.63) is 46.0 Å². The van der Waals surface area contributed by atoms with E-state index in [0.29, 0.717) is 12.4 Å². The largest absolute Gasteiger partial charge is 0.363 e. The summed E-state index contributed by atoms with van der Waals surface area (Å²) in [7, 11) is 0. The molecule has 0 aliphatic heterocycles. The molecule has 0 aromatic carbocycles. The Labute approximate surface area is 98.2 Å². The molecule has 0 saturated heterocycles. The SMILES string of the molecule is CCc1ccc(CNc2ncccc2F)s1. The Hall–Kier alpha value is -1.42. The summed E-state index contributed by atoms with van der Waals surface area (Å²) in [6, 6.07) is 7.16. The average molecular weight is 236 g/mol. The fourth-order valence-corrected chi connectivity index (χ4v) is 2.29. The normalized spacial score (nSPS) is 10.4. The van der Waals surface area contributed by atoms with Crippen LogP contribution in [0.25, 0.3) is 0 Å². The van der Waals surface area contributed by atoms with Gasteiger partial charge in [-0.2, -0.15) is 0 Å². The summed E-state index contributed by atoms with van der Waals surface area (Å²) in [5, 5.41) is 2.99. The maximum absolute atomic E-state index is 13.2. The van der Waals surface area contributed by atoms with Gasteiger partial charge in [-0.25, -0.2) is 9.37 Å². The predicted molar refractivity (Wildman–Crippen MR) is 65.2 cm³/mol. The summed E-state index contributed by atoms with van der Waals surface area (Å²) in [6.45, 7) is 2.75. The number of rotatable bonds is 4. The molecule has 2 rings (SSSR count). The molecule has 0 bridgehead atoms. The molecule has 0 aliphatic rings. The molecule has 0 amide bonds. The molecular weight excluding hydrogens is 223 g/mol. The summed E-state index contributed by atoms with van der Waals surface area (Å²) in [5.41, 5.74) is 0. The van der Waals surface area contributed by atoms with Crippen LogP contribution in [0.4, 0.5) is 10.2 Å². The summed E-state index contributed by atoms with van der Waals surface area (Å²) >= 11 is 1.75. The van der Waals surface area contributed by atoms with Crippen molar-refractivity contribution in [2.75, 3.05) is 5.32 Å². The van der Waals surface area contributed by atoms with Crippen molar-refractivity contribution in [2.24, 2.45) is 0 Å². The lowest BCUT2D eigenvalue weighted by Crippen LogP contribution is -2.01. The molecule has 1 N–H and O–H groups in total. The highest BCUT2D eigenvalue weighted by Crippen LogP contribution is 2.18. The van der Waals surface area contributed by atoms with Gasteiger partial charge in [0.05, 0.1) is 6.54 Å². The van der Waals surface area contributed by atoms with E-state index in [1.807, 2.05) is 0 Å². The Morgan fingerprint density at radius 2 is 2.12 bits per heavy atom. The molecule has 0 spiro atoms. The quantitative estimate of drug-likeness (QED) is 0.879. The Bertz CT molecular complexity index is 468. The smallest absolute Gasteiger partial charge is 0.165 e. The van der Waals surface area contributed by atoms with Crippen LogP contribution in [-0.2, 0) is 13.0 Å². The minimum atomic E-state index is -0.310. The standard InChI is InChI=1S/C12H13FN2S/c1-2-9-5-6-10(16-9)8-15-12-11(13)4-3-7-14-12/h3-7H,2,8H2,1H3,(H,14,15). The van der Waals surface area contributed by atoms with Gasteiger partial charge >= 0.3 is 0 Å². The monoisotopic (exact) mass is 236 g/mol. The summed E-state index contributed by atoms with van der Waals surface area (Å²) < 4.78 is 13.2. The number of halogens is 1. The topological polar surface area (TPSA) is 24.9 Å². The van der Waals surface area contributed by atoms with Gasteiger partial charge in [0.25, 0.3) is 0 Å². The molecule has 2 aromatic heterocycles. The van der Waals surface area contributed by atoms with E-state index >= 15 is 0 Å². The minimum Gasteiger partial charge on any atom is -0.363 e. The third-order valence-electron chi connectivity index (χ3n) is 2.25. The van der Waals surface area contributed by atoms with E-state index in [1.54, 1.807) is 23.6 Å². The van der Waals surface area contributed by atoms with Crippen LogP contribution >= 0.6 is 11.3 Å². The number of anilines is 1. The van der Waals surface area contributed by atoms with Gasteiger partial charge < -0.3 is 5.32 Å². The fourth-order valence-electron chi connectivity index (χ4n) is 1.39. The van der Waals surface area contributed by atoms with Crippen LogP contribution in [0.5, 0.6) is 0 Å². The number of hydrogen-bond donors (Lipinski definition) is 1. The highest BCUT2D eigenvalue weighted by atomic mass is 32.1. The van der Waals surface area contributed by atoms with Gasteiger partial charge in [-0.15, -0.1) is 11.3 Å². The van der Waals surface area contributed by atoms with Crippen molar-refractivity contribution >= 4 is 17.2 Å². The van der Waals surface area contributed by atoms with Crippen LogP contribution in [-0.4, -0.2) is 4.98 Å². The number of pyridine rings is 1. The minimum absolute atomic E-state index is 0.310. The summed E-state index contributed by atoms with van der Waals surface area (Å²) in [6.07, 6.45) is 2.62. The number of thiophene rings is 1. The summed E-state index contributed by atoms with van der Waals surface area (Å²) in [5.74, 6) is 0.00344. The first-order valence-corrected chi connectivity index (χ1v) is 6.03. The second kappa shape index (κ2) is 5.07. The fraction of sp³-hybridized carbons (Fsp3) is 0.250. The van der Waals surface area contributed by atoms with Crippen molar-refractivity contribution in [1.82, 2.24) is 4.98 Å². The Kier molecular flexibility index (Phi) is 3.51. The number of nitrogens with one attached hydrogen (secondary N) is 1. The number of aromatic nitrogens is 1. The molecule has 4 heteroatoms. The first-order valence-electron chi connectivity index (χ1n) is 5.21. The van der Waals surface area contributed by atoms with E-state index < -0.39 is 0 Å². The van der Waals surface area contributed by atoms with Gasteiger partial charge in [0.2, 0.25) is 0 Å². The van der Waals surface area contributed by atoms with E-state index in [0.717, 1.165) is 6.42 Å². The molecule has 2 nitrogen and oxygen atoms in total. The van der Waals surface area contributed by atoms with E-state index in [2.05, 4.69) is 29.4 Å². The Balaban J connectivity index is 1.99. The zero-order valence-electron chi connectivity index (χ0n) is 9.03. The van der Waals surface area contributed by atoms with E-state index in [9.17, 15) is 4.39 Å². The lowest BCUT2D eigenvalue weighted by atomic mass is 10.3. The van der Waals surface area contributed by atoms with Crippen LogP contribution in [0, 0.1) is 5.82 Å². The molecule has 0 unspecified atom stereocenters. The van der Waals surface area contributed by atoms with Crippen LogP contribution in [0.2, 0.25) is 0 Å². The van der Waals surface area contributed by atoms with E-state index in [-0.39, 0.29) is 5.82 Å². The van der Waals surface area contributed by atoms with E-state index in [1.165, 1.54) is 15.8 Å². The molecule has 0 atom stereocenters. The number of nitrogens with zero attached hydrogens (tertiary/aromatic N) is 1. The first kappa shape index (κ1) is 11.1. The molecule has 2 aromatic rings. The lowest BCUT2D eigenvalue weighted by molar-refractivity contribution is 0.624. The molecule has 0 radical (unpaired) electrons. The van der Waals surface area contributed by atoms with Crippen molar-refractivity contribution in [2.45, 2.75) is 19.9 Å². The highest BCUT2D eigenvalue weighted by Gasteiger charge is 2.03. The van der Waals surface area contributed by atoms with Gasteiger partial charge in [0.15, 0.2) is 11.6 Å². The number of hydrogen-bond acceptors (Lipinski definition) is 3. The van der Waals surface area contributed by atoms with Gasteiger partial charge in [-0.3, -0.25) is 0 Å². The molecule has 0 saturated carbocycles. The molecule has 16 heavy (non-hydrogen) atoms. The van der Waals surface area contributed by atoms with Gasteiger partial charge in [0, 0.05) is 16.0 Å². The lowest BCUT2D eigenvalue weighted by Gasteiger charge is -2.03. The van der Waals surface area contributed by atoms with Gasteiger partial charge in [-0.1, -0.05) is 6.92 Å². The number of aryl methyl sites for hydroxylation is 1. The molecule has 0 aliphatic carbocycles. The third kappa shape index (κ3) is 2.58. The average Bonchev–Trinajstić information content (AvgIpc) is 2.76. The molecular formula is C12H13FN2S. The Morgan fingerprint density at radius 1 is 1.31 bits per heavy atom. The molecule has 0 fully saturated rings. The van der Waals surface area contributed by atoms with Crippen LogP contribution in [0.3, 0.4) is 0 Å². The highest BCUT2D eigenvalue weighted by molar-refractivity contribution is 7.12. The Morgan fingerprint density at radius 3 is 2.81 bits per heavy atom. The zero-order valence-corrected chi connectivity index (χ0v) is 9.85. The van der Waals surface area contributed by atoms with Crippen molar-refractivity contribution in [1.29, 1.82) is 0 Å².